The van der Waals surface area contributed by atoms with Gasteiger partial charge in [0.2, 0.25) is 0 Å². The first-order valence-electron chi connectivity index (χ1n) is 15.5. The van der Waals surface area contributed by atoms with Crippen LogP contribution in [0, 0.1) is 11.8 Å². The van der Waals surface area contributed by atoms with E-state index < -0.39 is 0 Å². The SMILES string of the molecule is O=C(CCN1CCCCC1)OCC1C(c2ccccc2)C(COC(=O)CCN2CCCCC2)C1c1ccccc1. The third kappa shape index (κ3) is 7.73. The van der Waals surface area contributed by atoms with Crippen LogP contribution < -0.4 is 0 Å². The van der Waals surface area contributed by atoms with Crippen LogP contribution >= 0.6 is 0 Å². The Morgan fingerprint density at radius 3 is 1.32 bits per heavy atom. The zero-order valence-corrected chi connectivity index (χ0v) is 23.9. The Hall–Kier alpha value is -2.70. The molecule has 2 heterocycles. The Morgan fingerprint density at radius 2 is 0.950 bits per heavy atom. The van der Waals surface area contributed by atoms with Crippen LogP contribution in [0.2, 0.25) is 0 Å². The number of hydrogen-bond acceptors (Lipinski definition) is 6. The van der Waals surface area contributed by atoms with Gasteiger partial charge in [0.1, 0.15) is 0 Å². The maximum atomic E-state index is 12.8. The Balaban J connectivity index is 1.23. The highest BCUT2D eigenvalue weighted by molar-refractivity contribution is 5.70. The second-order valence-corrected chi connectivity index (χ2v) is 11.9. The molecule has 0 bridgehead atoms. The van der Waals surface area contributed by atoms with E-state index in [1.807, 2.05) is 12.1 Å². The number of rotatable bonds is 12. The van der Waals surface area contributed by atoms with Crippen molar-refractivity contribution in [3.05, 3.63) is 71.8 Å². The second kappa shape index (κ2) is 14.8. The average molecular weight is 547 g/mol. The summed E-state index contributed by atoms with van der Waals surface area (Å²) in [4.78, 5) is 30.3. The summed E-state index contributed by atoms with van der Waals surface area (Å²) in [6, 6.07) is 20.9. The van der Waals surface area contributed by atoms with Crippen LogP contribution in [0.3, 0.4) is 0 Å². The summed E-state index contributed by atoms with van der Waals surface area (Å²) in [5.74, 6) is 0.377. The summed E-state index contributed by atoms with van der Waals surface area (Å²) < 4.78 is 11.9. The number of esters is 2. The van der Waals surface area contributed by atoms with E-state index in [1.54, 1.807) is 0 Å². The van der Waals surface area contributed by atoms with Gasteiger partial charge in [0.05, 0.1) is 26.1 Å². The van der Waals surface area contributed by atoms with Crippen molar-refractivity contribution in [3.63, 3.8) is 0 Å². The largest absolute Gasteiger partial charge is 0.465 e. The molecule has 2 aromatic rings. The molecule has 6 heteroatoms. The zero-order chi connectivity index (χ0) is 27.6. The molecule has 0 unspecified atom stereocenters. The van der Waals surface area contributed by atoms with Crippen LogP contribution in [0.4, 0.5) is 0 Å². The van der Waals surface area contributed by atoms with Gasteiger partial charge >= 0.3 is 11.9 Å². The molecule has 2 aliphatic heterocycles. The molecule has 3 fully saturated rings. The van der Waals surface area contributed by atoms with Crippen LogP contribution in [-0.4, -0.2) is 74.2 Å². The van der Waals surface area contributed by atoms with Crippen molar-refractivity contribution in [2.24, 2.45) is 11.8 Å². The van der Waals surface area contributed by atoms with Crippen LogP contribution in [0.15, 0.2) is 60.7 Å². The van der Waals surface area contributed by atoms with Crippen LogP contribution in [0.1, 0.15) is 74.3 Å². The molecular formula is C34H46N2O4. The number of likely N-dealkylation sites (tertiary alicyclic amines) is 2. The van der Waals surface area contributed by atoms with Crippen LogP contribution in [0.25, 0.3) is 0 Å². The van der Waals surface area contributed by atoms with Gasteiger partial charge in [-0.25, -0.2) is 0 Å². The van der Waals surface area contributed by atoms with Crippen molar-refractivity contribution in [3.8, 4) is 0 Å². The molecule has 0 aromatic heterocycles. The van der Waals surface area contributed by atoms with Gasteiger partial charge in [-0.05, 0) is 74.8 Å². The topological polar surface area (TPSA) is 59.1 Å². The van der Waals surface area contributed by atoms with Gasteiger partial charge in [0.25, 0.3) is 0 Å². The van der Waals surface area contributed by atoms with Gasteiger partial charge in [-0.15, -0.1) is 0 Å². The molecule has 0 atom stereocenters. The van der Waals surface area contributed by atoms with E-state index in [0.29, 0.717) is 26.1 Å². The molecule has 0 spiro atoms. The van der Waals surface area contributed by atoms with Gasteiger partial charge in [-0.3, -0.25) is 9.59 Å². The summed E-state index contributed by atoms with van der Waals surface area (Å²) in [6.45, 7) is 6.67. The maximum Gasteiger partial charge on any atom is 0.307 e. The lowest BCUT2D eigenvalue weighted by atomic mass is 9.53. The van der Waals surface area contributed by atoms with Crippen molar-refractivity contribution >= 4 is 11.9 Å². The van der Waals surface area contributed by atoms with Crippen molar-refractivity contribution in [2.45, 2.75) is 63.2 Å². The first-order chi connectivity index (χ1) is 19.7. The summed E-state index contributed by atoms with van der Waals surface area (Å²) in [5, 5.41) is 0. The van der Waals surface area contributed by atoms with Gasteiger partial charge in [-0.1, -0.05) is 73.5 Å². The molecule has 40 heavy (non-hydrogen) atoms. The highest BCUT2D eigenvalue weighted by atomic mass is 16.5. The highest BCUT2D eigenvalue weighted by Crippen LogP contribution is 2.57. The third-order valence-electron chi connectivity index (χ3n) is 9.25. The van der Waals surface area contributed by atoms with Crippen molar-refractivity contribution in [1.29, 1.82) is 0 Å². The number of hydrogen-bond donors (Lipinski definition) is 0. The molecule has 1 aliphatic carbocycles. The standard InChI is InChI=1S/C34H46N2O4/c37-31(17-23-35-19-9-3-10-20-35)39-25-29-33(27-13-5-1-6-14-27)30(34(29)28-15-7-2-8-16-28)26-40-32(38)18-24-36-21-11-4-12-22-36/h1-2,5-8,13-16,29-30,33-34H,3-4,9-12,17-26H2. The molecule has 216 valence electrons. The Kier molecular flexibility index (Phi) is 10.7. The summed E-state index contributed by atoms with van der Waals surface area (Å²) in [5.41, 5.74) is 2.44. The van der Waals surface area contributed by atoms with Crippen molar-refractivity contribution < 1.29 is 19.1 Å². The number of ether oxygens (including phenoxy) is 2. The monoisotopic (exact) mass is 546 g/mol. The predicted molar refractivity (Wildman–Crippen MR) is 157 cm³/mol. The van der Waals surface area contributed by atoms with E-state index in [-0.39, 0.29) is 35.6 Å². The van der Waals surface area contributed by atoms with E-state index >= 15 is 0 Å². The first kappa shape index (κ1) is 28.8. The number of piperidine rings is 2. The minimum Gasteiger partial charge on any atom is -0.465 e. The molecule has 2 saturated heterocycles. The van der Waals surface area contributed by atoms with Gasteiger partial charge < -0.3 is 19.3 Å². The molecule has 5 rings (SSSR count). The lowest BCUT2D eigenvalue weighted by Gasteiger charge is -2.52. The number of benzene rings is 2. The minimum atomic E-state index is -0.114. The van der Waals surface area contributed by atoms with E-state index in [1.165, 1.54) is 49.7 Å². The lowest BCUT2D eigenvalue weighted by molar-refractivity contribution is -0.152. The molecule has 2 aromatic carbocycles. The fourth-order valence-electron chi connectivity index (χ4n) is 7.08. The highest BCUT2D eigenvalue weighted by Gasteiger charge is 2.52. The smallest absolute Gasteiger partial charge is 0.307 e. The zero-order valence-electron chi connectivity index (χ0n) is 23.9. The summed E-state index contributed by atoms with van der Waals surface area (Å²) >= 11 is 0. The van der Waals surface area contributed by atoms with Gasteiger partial charge in [0, 0.05) is 24.9 Å². The fourth-order valence-corrected chi connectivity index (χ4v) is 7.08. The maximum absolute atomic E-state index is 12.8. The van der Waals surface area contributed by atoms with E-state index in [0.717, 1.165) is 39.3 Å². The molecule has 0 amide bonds. The Bertz CT molecular complexity index is 957. The summed E-state index contributed by atoms with van der Waals surface area (Å²) in [6.07, 6.45) is 8.35. The molecule has 0 radical (unpaired) electrons. The normalized spacial score (nSPS) is 25.6. The van der Waals surface area contributed by atoms with Crippen LogP contribution in [0.5, 0.6) is 0 Å². The lowest BCUT2D eigenvalue weighted by Crippen LogP contribution is -2.48. The Morgan fingerprint density at radius 1 is 0.575 bits per heavy atom. The van der Waals surface area contributed by atoms with E-state index in [2.05, 4.69) is 58.3 Å². The van der Waals surface area contributed by atoms with Crippen molar-refractivity contribution in [1.82, 2.24) is 9.80 Å². The average Bonchev–Trinajstić information content (AvgIpc) is 3.00. The van der Waals surface area contributed by atoms with E-state index in [9.17, 15) is 9.59 Å². The Labute approximate surface area is 240 Å². The van der Waals surface area contributed by atoms with E-state index in [4.69, 9.17) is 9.47 Å². The molecule has 3 aliphatic rings. The molecule has 0 N–H and O–H groups in total. The summed E-state index contributed by atoms with van der Waals surface area (Å²) in [7, 11) is 0. The predicted octanol–water partition coefficient (Wildman–Crippen LogP) is 5.64. The quantitative estimate of drug-likeness (QED) is 0.321. The molecule has 6 nitrogen and oxygen atoms in total. The van der Waals surface area contributed by atoms with Crippen molar-refractivity contribution in [2.75, 3.05) is 52.5 Å². The van der Waals surface area contributed by atoms with Gasteiger partial charge in [-0.2, -0.15) is 0 Å². The fraction of sp³-hybridized carbons (Fsp3) is 0.588. The first-order valence-corrected chi connectivity index (χ1v) is 15.5. The molecule has 1 saturated carbocycles. The number of carbonyl (C=O) groups is 2. The molecular weight excluding hydrogens is 500 g/mol. The second-order valence-electron chi connectivity index (χ2n) is 11.9. The van der Waals surface area contributed by atoms with Gasteiger partial charge in [0.15, 0.2) is 0 Å². The van der Waals surface area contributed by atoms with Crippen LogP contribution in [-0.2, 0) is 19.1 Å². The number of nitrogens with zero attached hydrogens (tertiary/aromatic N) is 2. The third-order valence-corrected chi connectivity index (χ3v) is 9.25. The minimum absolute atomic E-state index is 0.114. The number of carbonyl (C=O) groups excluding carboxylic acids is 2.